The normalized spacial score (nSPS) is 17.8. The highest BCUT2D eigenvalue weighted by Gasteiger charge is 1.98. The first-order chi connectivity index (χ1) is 3.80. The molecule has 2 heteroatoms. The van der Waals surface area contributed by atoms with Gasteiger partial charge < -0.3 is 0 Å². The molecular weight excluding hydrogens is 104 g/mol. The van der Waals surface area contributed by atoms with Gasteiger partial charge in [0.05, 0.1) is 0 Å². The molecule has 0 saturated carbocycles. The lowest BCUT2D eigenvalue weighted by molar-refractivity contribution is -0.214. The molecule has 2 nitrogen and oxygen atoms in total. The van der Waals surface area contributed by atoms with Gasteiger partial charge in [-0.2, -0.15) is 0 Å². The van der Waals surface area contributed by atoms with Crippen LogP contribution in [-0.2, 0) is 9.78 Å². The van der Waals surface area contributed by atoms with Crippen molar-refractivity contribution >= 4 is 0 Å². The molecule has 0 spiro atoms. The van der Waals surface area contributed by atoms with E-state index in [1.165, 1.54) is 6.26 Å². The molecule has 0 aliphatic carbocycles. The van der Waals surface area contributed by atoms with E-state index in [1.807, 2.05) is 19.9 Å². The van der Waals surface area contributed by atoms with Crippen LogP contribution in [0.25, 0.3) is 0 Å². The Morgan fingerprint density at radius 2 is 2.12 bits per heavy atom. The van der Waals surface area contributed by atoms with Gasteiger partial charge in [0, 0.05) is 0 Å². The lowest BCUT2D eigenvalue weighted by atomic mass is 10.2. The fraction of sp³-hybridized carbons (Fsp3) is 0.333. The predicted octanol–water partition coefficient (Wildman–Crippen LogP) is 1.76. The Morgan fingerprint density at radius 3 is 2.50 bits per heavy atom. The zero-order chi connectivity index (χ0) is 5.98. The molecule has 0 bridgehead atoms. The van der Waals surface area contributed by atoms with Crippen molar-refractivity contribution in [3.8, 4) is 0 Å². The Kier molecular flexibility index (Phi) is 1.24. The molecular formula is C6H8O2. The molecule has 0 unspecified atom stereocenters. The van der Waals surface area contributed by atoms with E-state index in [2.05, 4.69) is 9.78 Å². The number of hydrogen-bond donors (Lipinski definition) is 0. The minimum absolute atomic E-state index is 0.826. The maximum absolute atomic E-state index is 4.68. The molecule has 0 saturated heterocycles. The molecule has 0 aromatic heterocycles. The zero-order valence-electron chi connectivity index (χ0n) is 4.97. The molecule has 1 aliphatic heterocycles. The van der Waals surface area contributed by atoms with Gasteiger partial charge in [-0.3, -0.25) is 9.78 Å². The van der Waals surface area contributed by atoms with Gasteiger partial charge in [-0.25, -0.2) is 0 Å². The molecule has 1 aliphatic rings. The first-order valence-corrected chi connectivity index (χ1v) is 2.48. The van der Waals surface area contributed by atoms with Crippen LogP contribution in [0.2, 0.25) is 0 Å². The standard InChI is InChI=1S/C6H8O2/c1-5-3-4-7-8-6(5)2/h3-4H,1-2H3. The molecule has 1 heterocycles. The van der Waals surface area contributed by atoms with Crippen LogP contribution in [0, 0.1) is 0 Å². The molecule has 0 atom stereocenters. The summed E-state index contributed by atoms with van der Waals surface area (Å²) in [6.07, 6.45) is 3.38. The highest BCUT2D eigenvalue weighted by Crippen LogP contribution is 2.11. The van der Waals surface area contributed by atoms with E-state index >= 15 is 0 Å². The van der Waals surface area contributed by atoms with Crippen LogP contribution in [0.1, 0.15) is 13.8 Å². The molecule has 8 heavy (non-hydrogen) atoms. The topological polar surface area (TPSA) is 18.5 Å². The van der Waals surface area contributed by atoms with Crippen LogP contribution < -0.4 is 0 Å². The van der Waals surface area contributed by atoms with E-state index in [9.17, 15) is 0 Å². The maximum Gasteiger partial charge on any atom is 0.155 e. The highest BCUT2D eigenvalue weighted by molar-refractivity contribution is 5.18. The fourth-order valence-corrected chi connectivity index (χ4v) is 0.413. The Hall–Kier alpha value is -0.920. The van der Waals surface area contributed by atoms with Crippen LogP contribution >= 0.6 is 0 Å². The van der Waals surface area contributed by atoms with E-state index in [1.54, 1.807) is 0 Å². The van der Waals surface area contributed by atoms with Gasteiger partial charge in [0.15, 0.2) is 5.76 Å². The second-order valence-electron chi connectivity index (χ2n) is 1.72. The van der Waals surface area contributed by atoms with Gasteiger partial charge in [0.2, 0.25) is 0 Å². The number of allylic oxidation sites excluding steroid dienone is 3. The average Bonchev–Trinajstić information content (AvgIpc) is 1.77. The van der Waals surface area contributed by atoms with Crippen molar-refractivity contribution in [1.29, 1.82) is 0 Å². The quantitative estimate of drug-likeness (QED) is 0.444. The molecule has 0 aromatic rings. The van der Waals surface area contributed by atoms with Crippen LogP contribution in [0.5, 0.6) is 0 Å². The third-order valence-electron chi connectivity index (χ3n) is 1.10. The van der Waals surface area contributed by atoms with Crippen LogP contribution in [0.4, 0.5) is 0 Å². The first-order valence-electron chi connectivity index (χ1n) is 2.48. The Bertz CT molecular complexity index is 145. The summed E-state index contributed by atoms with van der Waals surface area (Å²) >= 11 is 0. The fourth-order valence-electron chi connectivity index (χ4n) is 0.413. The van der Waals surface area contributed by atoms with Crippen molar-refractivity contribution < 1.29 is 9.78 Å². The summed E-state index contributed by atoms with van der Waals surface area (Å²) in [5.41, 5.74) is 1.11. The van der Waals surface area contributed by atoms with Crippen molar-refractivity contribution in [2.24, 2.45) is 0 Å². The van der Waals surface area contributed by atoms with Gasteiger partial charge in [0.1, 0.15) is 6.26 Å². The second kappa shape index (κ2) is 1.90. The molecule has 0 radical (unpaired) electrons. The number of rotatable bonds is 0. The van der Waals surface area contributed by atoms with Crippen molar-refractivity contribution in [1.82, 2.24) is 0 Å². The lowest BCUT2D eigenvalue weighted by Gasteiger charge is -2.07. The van der Waals surface area contributed by atoms with Gasteiger partial charge >= 0.3 is 0 Å². The summed E-state index contributed by atoms with van der Waals surface area (Å²) in [6.45, 7) is 3.83. The lowest BCUT2D eigenvalue weighted by Crippen LogP contribution is -1.93. The molecule has 0 fully saturated rings. The monoisotopic (exact) mass is 112 g/mol. The van der Waals surface area contributed by atoms with E-state index in [0.29, 0.717) is 0 Å². The summed E-state index contributed by atoms with van der Waals surface area (Å²) in [6, 6.07) is 0. The Labute approximate surface area is 48.3 Å². The van der Waals surface area contributed by atoms with Gasteiger partial charge in [-0.1, -0.05) is 0 Å². The summed E-state index contributed by atoms with van der Waals surface area (Å²) in [7, 11) is 0. The molecule has 0 aromatic carbocycles. The summed E-state index contributed by atoms with van der Waals surface area (Å²) < 4.78 is 0. The summed E-state index contributed by atoms with van der Waals surface area (Å²) in [5, 5.41) is 0. The van der Waals surface area contributed by atoms with Crippen molar-refractivity contribution in [2.75, 3.05) is 0 Å². The Balaban J connectivity index is 2.76. The minimum Gasteiger partial charge on any atom is -0.298 e. The predicted molar refractivity (Wildman–Crippen MR) is 29.7 cm³/mol. The van der Waals surface area contributed by atoms with Gasteiger partial charge in [-0.05, 0) is 25.5 Å². The largest absolute Gasteiger partial charge is 0.298 e. The maximum atomic E-state index is 4.68. The smallest absolute Gasteiger partial charge is 0.155 e. The SMILES string of the molecule is CC1=C(C)OOC=C1. The van der Waals surface area contributed by atoms with Gasteiger partial charge in [-0.15, -0.1) is 0 Å². The third kappa shape index (κ3) is 0.832. The van der Waals surface area contributed by atoms with Crippen molar-refractivity contribution in [3.05, 3.63) is 23.7 Å². The van der Waals surface area contributed by atoms with E-state index in [4.69, 9.17) is 0 Å². The second-order valence-corrected chi connectivity index (χ2v) is 1.72. The third-order valence-corrected chi connectivity index (χ3v) is 1.10. The van der Waals surface area contributed by atoms with Crippen LogP contribution in [0.15, 0.2) is 23.7 Å². The van der Waals surface area contributed by atoms with Crippen molar-refractivity contribution in [2.45, 2.75) is 13.8 Å². The average molecular weight is 112 g/mol. The summed E-state index contributed by atoms with van der Waals surface area (Å²) in [5.74, 6) is 0.826. The molecule has 44 valence electrons. The molecule has 1 rings (SSSR count). The van der Waals surface area contributed by atoms with E-state index < -0.39 is 0 Å². The first kappa shape index (κ1) is 5.22. The van der Waals surface area contributed by atoms with Crippen molar-refractivity contribution in [3.63, 3.8) is 0 Å². The molecule has 0 N–H and O–H groups in total. The van der Waals surface area contributed by atoms with Gasteiger partial charge in [0.25, 0.3) is 0 Å². The number of hydrogen-bond acceptors (Lipinski definition) is 2. The highest BCUT2D eigenvalue weighted by atomic mass is 17.2. The van der Waals surface area contributed by atoms with E-state index in [0.717, 1.165) is 11.3 Å². The Morgan fingerprint density at radius 1 is 1.38 bits per heavy atom. The van der Waals surface area contributed by atoms with Crippen LogP contribution in [0.3, 0.4) is 0 Å². The zero-order valence-corrected chi connectivity index (χ0v) is 4.97. The summed E-state index contributed by atoms with van der Waals surface area (Å²) in [4.78, 5) is 9.20. The van der Waals surface area contributed by atoms with E-state index in [-0.39, 0.29) is 0 Å². The van der Waals surface area contributed by atoms with Crippen LogP contribution in [-0.4, -0.2) is 0 Å². The minimum atomic E-state index is 0.826. The molecule has 0 amide bonds.